The van der Waals surface area contributed by atoms with E-state index in [2.05, 4.69) is 22.3 Å². The fraction of sp³-hybridized carbons (Fsp3) is 0.800. The number of amides is 3. The molecule has 0 rings (SSSR count). The number of alkyl carbamates (subject to hydrolysis) is 1. The van der Waals surface area contributed by atoms with Crippen LogP contribution in [0.25, 0.3) is 0 Å². The Hall–Kier alpha value is -0.560. The first kappa shape index (κ1) is 16.4. The van der Waals surface area contributed by atoms with Gasteiger partial charge < -0.3 is 10.1 Å². The van der Waals surface area contributed by atoms with E-state index in [4.69, 9.17) is 0 Å². The molecule has 0 saturated heterocycles. The minimum Gasteiger partial charge on any atom is -0.450 e. The van der Waals surface area contributed by atoms with Crippen LogP contribution in [0.15, 0.2) is 0 Å². The lowest BCUT2D eigenvalue weighted by Gasteiger charge is -2.06. The summed E-state index contributed by atoms with van der Waals surface area (Å²) >= 11 is 3.69. The molecule has 0 atom stereocenters. The van der Waals surface area contributed by atoms with Gasteiger partial charge >= 0.3 is 12.1 Å². The van der Waals surface area contributed by atoms with Gasteiger partial charge in [0, 0.05) is 23.8 Å². The second-order valence-electron chi connectivity index (χ2n) is 2.91. The topological polar surface area (TPSA) is 67.4 Å². The number of ether oxygens (including phenoxy) is 1. The molecular weight excluding hydrogens is 260 g/mol. The van der Waals surface area contributed by atoms with Crippen LogP contribution in [0.2, 0.25) is 0 Å². The zero-order valence-corrected chi connectivity index (χ0v) is 11.9. The summed E-state index contributed by atoms with van der Waals surface area (Å²) in [7, 11) is 0. The maximum absolute atomic E-state index is 11.1. The molecule has 7 heteroatoms. The Morgan fingerprint density at radius 2 is 1.82 bits per heavy atom. The van der Waals surface area contributed by atoms with Gasteiger partial charge in [0.05, 0.1) is 6.61 Å². The molecule has 0 aliphatic carbocycles. The lowest BCUT2D eigenvalue weighted by Crippen LogP contribution is -2.40. The number of carbonyl (C=O) groups excluding carboxylic acids is 2. The average molecular weight is 280 g/mol. The normalized spacial score (nSPS) is 9.76. The van der Waals surface area contributed by atoms with E-state index in [1.54, 1.807) is 18.7 Å². The highest BCUT2D eigenvalue weighted by Gasteiger charge is 2.06. The molecule has 0 spiro atoms. The quantitative estimate of drug-likeness (QED) is 0.665. The second-order valence-corrected chi connectivity index (χ2v) is 5.53. The molecule has 0 aliphatic heterocycles. The van der Waals surface area contributed by atoms with E-state index in [9.17, 15) is 9.59 Å². The van der Waals surface area contributed by atoms with Crippen molar-refractivity contribution in [3.8, 4) is 0 Å². The van der Waals surface area contributed by atoms with Crippen LogP contribution in [0.1, 0.15) is 13.8 Å². The summed E-state index contributed by atoms with van der Waals surface area (Å²) in [4.78, 5) is 22.0. The van der Waals surface area contributed by atoms with Crippen LogP contribution < -0.4 is 10.6 Å². The monoisotopic (exact) mass is 280 g/mol. The first-order valence-corrected chi connectivity index (χ1v) is 7.88. The van der Waals surface area contributed by atoms with Gasteiger partial charge in [-0.3, -0.25) is 0 Å². The van der Waals surface area contributed by atoms with Gasteiger partial charge in [-0.15, -0.1) is 0 Å². The predicted molar refractivity (Wildman–Crippen MR) is 73.9 cm³/mol. The molecule has 0 radical (unpaired) electrons. The van der Waals surface area contributed by atoms with E-state index in [1.807, 2.05) is 11.8 Å². The summed E-state index contributed by atoms with van der Waals surface area (Å²) in [5, 5.41) is 4.65. The maximum atomic E-state index is 11.1. The van der Waals surface area contributed by atoms with Gasteiger partial charge in [-0.1, -0.05) is 6.92 Å². The van der Waals surface area contributed by atoms with E-state index >= 15 is 0 Å². The van der Waals surface area contributed by atoms with Crippen LogP contribution >= 0.6 is 23.5 Å². The van der Waals surface area contributed by atoms with Crippen molar-refractivity contribution in [3.05, 3.63) is 0 Å². The van der Waals surface area contributed by atoms with Crippen LogP contribution in [0, 0.1) is 0 Å². The number of urea groups is 1. The number of carbonyl (C=O) groups is 2. The first-order chi connectivity index (χ1) is 8.20. The van der Waals surface area contributed by atoms with Crippen LogP contribution in [0.3, 0.4) is 0 Å². The van der Waals surface area contributed by atoms with Gasteiger partial charge in [-0.05, 0) is 12.7 Å². The third-order valence-corrected chi connectivity index (χ3v) is 3.74. The molecule has 0 heterocycles. The summed E-state index contributed by atoms with van der Waals surface area (Å²) in [5.74, 6) is 4.21. The highest BCUT2D eigenvalue weighted by atomic mass is 32.2. The Labute approximate surface area is 111 Å². The smallest absolute Gasteiger partial charge is 0.415 e. The van der Waals surface area contributed by atoms with Crippen LogP contribution in [-0.2, 0) is 4.74 Å². The van der Waals surface area contributed by atoms with Gasteiger partial charge in [0.2, 0.25) is 0 Å². The molecule has 0 aromatic heterocycles. The van der Waals surface area contributed by atoms with Crippen LogP contribution in [0.4, 0.5) is 9.59 Å². The van der Waals surface area contributed by atoms with Crippen molar-refractivity contribution < 1.29 is 14.3 Å². The molecule has 0 saturated carbocycles. The molecule has 0 fully saturated rings. The molecule has 0 unspecified atom stereocenters. The third-order valence-electron chi connectivity index (χ3n) is 1.60. The fourth-order valence-electron chi connectivity index (χ4n) is 0.905. The summed E-state index contributed by atoms with van der Waals surface area (Å²) in [6.45, 7) is 4.62. The molecule has 0 bridgehead atoms. The van der Waals surface area contributed by atoms with E-state index < -0.39 is 12.1 Å². The molecule has 17 heavy (non-hydrogen) atoms. The number of hydrogen-bond acceptors (Lipinski definition) is 5. The van der Waals surface area contributed by atoms with Crippen molar-refractivity contribution in [1.82, 2.24) is 10.6 Å². The lowest BCUT2D eigenvalue weighted by atomic mass is 10.7. The average Bonchev–Trinajstić information content (AvgIpc) is 2.28. The highest BCUT2D eigenvalue weighted by Crippen LogP contribution is 2.05. The molecule has 3 amide bonds. The standard InChI is InChI=1S/C10H20N2O3S2/c1-3-15-10(14)12-9(13)11-5-6-17-8-7-16-4-2/h3-8H2,1-2H3,(H2,11,12,13,14). The largest absolute Gasteiger partial charge is 0.450 e. The minimum atomic E-state index is -0.711. The van der Waals surface area contributed by atoms with Crippen LogP contribution in [0.5, 0.6) is 0 Å². The molecule has 2 N–H and O–H groups in total. The lowest BCUT2D eigenvalue weighted by molar-refractivity contribution is 0.153. The SMILES string of the molecule is CCOC(=O)NC(=O)NCCSCCSCC. The van der Waals surface area contributed by atoms with Crippen molar-refractivity contribution in [2.75, 3.05) is 36.2 Å². The minimum absolute atomic E-state index is 0.254. The predicted octanol–water partition coefficient (Wildman–Crippen LogP) is 1.93. The molecule has 100 valence electrons. The zero-order chi connectivity index (χ0) is 12.9. The van der Waals surface area contributed by atoms with Crippen LogP contribution in [-0.4, -0.2) is 48.3 Å². The molecular formula is C10H20N2O3S2. The fourth-order valence-corrected chi connectivity index (χ4v) is 2.59. The molecule has 0 aromatic carbocycles. The van der Waals surface area contributed by atoms with Crippen molar-refractivity contribution in [2.24, 2.45) is 0 Å². The summed E-state index contributed by atoms with van der Waals surface area (Å²) in [6, 6.07) is -0.507. The second kappa shape index (κ2) is 11.9. The molecule has 0 aliphatic rings. The van der Waals surface area contributed by atoms with E-state index in [1.165, 1.54) is 0 Å². The van der Waals surface area contributed by atoms with Crippen molar-refractivity contribution in [2.45, 2.75) is 13.8 Å². The van der Waals surface area contributed by atoms with Gasteiger partial charge in [0.25, 0.3) is 0 Å². The number of thioether (sulfide) groups is 2. The van der Waals surface area contributed by atoms with Gasteiger partial charge in [0.1, 0.15) is 0 Å². The van der Waals surface area contributed by atoms with E-state index in [0.717, 1.165) is 23.0 Å². The van der Waals surface area contributed by atoms with Gasteiger partial charge in [-0.2, -0.15) is 23.5 Å². The highest BCUT2D eigenvalue weighted by molar-refractivity contribution is 8.02. The Morgan fingerprint density at radius 1 is 1.12 bits per heavy atom. The Bertz CT molecular complexity index is 228. The number of hydrogen-bond donors (Lipinski definition) is 2. The summed E-state index contributed by atoms with van der Waals surface area (Å²) in [6.07, 6.45) is -0.711. The number of nitrogens with one attached hydrogen (secondary N) is 2. The Kier molecular flexibility index (Phi) is 11.5. The Morgan fingerprint density at radius 3 is 2.47 bits per heavy atom. The van der Waals surface area contributed by atoms with Crippen molar-refractivity contribution >= 4 is 35.6 Å². The summed E-state index contributed by atoms with van der Waals surface area (Å²) in [5.41, 5.74) is 0. The third kappa shape index (κ3) is 11.7. The van der Waals surface area contributed by atoms with E-state index in [0.29, 0.717) is 6.54 Å². The first-order valence-electron chi connectivity index (χ1n) is 5.57. The Balaban J connectivity index is 3.30. The van der Waals surface area contributed by atoms with Crippen molar-refractivity contribution in [3.63, 3.8) is 0 Å². The zero-order valence-electron chi connectivity index (χ0n) is 10.3. The molecule has 0 aromatic rings. The molecule has 5 nitrogen and oxygen atoms in total. The number of imide groups is 1. The number of rotatable bonds is 8. The van der Waals surface area contributed by atoms with E-state index in [-0.39, 0.29) is 6.61 Å². The van der Waals surface area contributed by atoms with Gasteiger partial charge in [-0.25, -0.2) is 14.9 Å². The summed E-state index contributed by atoms with van der Waals surface area (Å²) < 4.78 is 4.57. The van der Waals surface area contributed by atoms with Crippen molar-refractivity contribution in [1.29, 1.82) is 0 Å². The maximum Gasteiger partial charge on any atom is 0.415 e. The van der Waals surface area contributed by atoms with Gasteiger partial charge in [0.15, 0.2) is 0 Å².